The van der Waals surface area contributed by atoms with E-state index >= 15 is 0 Å². The normalized spacial score (nSPS) is 45.2. The van der Waals surface area contributed by atoms with Crippen LogP contribution in [0.15, 0.2) is 30.3 Å². The fourth-order valence-electron chi connectivity index (χ4n) is 4.58. The topological polar surface area (TPSA) is 9.23 Å². The Labute approximate surface area is 112 Å². The molecule has 3 fully saturated rings. The Kier molecular flexibility index (Phi) is 2.61. The van der Waals surface area contributed by atoms with Crippen molar-refractivity contribution < 1.29 is 4.74 Å². The number of rotatable bonds is 2. The minimum atomic E-state index is 0.508. The van der Waals surface area contributed by atoms with Gasteiger partial charge in [-0.15, -0.1) is 0 Å². The van der Waals surface area contributed by atoms with Gasteiger partial charge < -0.3 is 4.74 Å². The van der Waals surface area contributed by atoms with Crippen molar-refractivity contribution >= 4 is 10.9 Å². The molecule has 2 aliphatic carbocycles. The minimum absolute atomic E-state index is 0.508. The zero-order valence-electron chi connectivity index (χ0n) is 10.9. The molecule has 4 rings (SSSR count). The summed E-state index contributed by atoms with van der Waals surface area (Å²) < 4.78 is 6.26. The molecule has 0 N–H and O–H groups in total. The third kappa shape index (κ3) is 1.69. The number of fused-ring (bicyclic) bond motifs is 5. The third-order valence-corrected chi connectivity index (χ3v) is 7.19. The molecular weight excluding hydrogens is 240 g/mol. The van der Waals surface area contributed by atoms with Crippen LogP contribution in [0.25, 0.3) is 0 Å². The molecule has 1 saturated heterocycles. The highest BCUT2D eigenvalue weighted by Gasteiger charge is 2.59. The van der Waals surface area contributed by atoms with E-state index in [4.69, 9.17) is 4.74 Å². The van der Waals surface area contributed by atoms with Crippen LogP contribution in [-0.2, 0) is 10.9 Å². The number of para-hydroxylation sites is 1. The van der Waals surface area contributed by atoms with E-state index in [0.717, 1.165) is 29.4 Å². The molecule has 1 aliphatic heterocycles. The van der Waals surface area contributed by atoms with Crippen LogP contribution < -0.4 is 4.74 Å². The summed E-state index contributed by atoms with van der Waals surface area (Å²) in [6.45, 7) is 0. The van der Waals surface area contributed by atoms with Crippen molar-refractivity contribution in [2.45, 2.75) is 18.9 Å². The lowest BCUT2D eigenvalue weighted by Crippen LogP contribution is -2.34. The SMILES string of the molecule is C[S+]1CC2C3CC(Oc4ccccc4)C(C3)C2C1. The molecule has 6 unspecified atom stereocenters. The maximum absolute atomic E-state index is 6.26. The first-order valence-electron chi connectivity index (χ1n) is 7.12. The molecule has 1 aromatic rings. The highest BCUT2D eigenvalue weighted by molar-refractivity contribution is 7.96. The third-order valence-electron chi connectivity index (χ3n) is 5.28. The molecule has 2 saturated carbocycles. The molecule has 1 heterocycles. The molecule has 1 aromatic carbocycles. The van der Waals surface area contributed by atoms with Crippen LogP contribution in [0.3, 0.4) is 0 Å². The van der Waals surface area contributed by atoms with E-state index in [1.165, 1.54) is 24.3 Å². The van der Waals surface area contributed by atoms with Crippen LogP contribution >= 0.6 is 0 Å². The van der Waals surface area contributed by atoms with Gasteiger partial charge in [-0.2, -0.15) is 0 Å². The Balaban J connectivity index is 1.50. The molecule has 1 nitrogen and oxygen atoms in total. The molecule has 0 amide bonds. The summed E-state index contributed by atoms with van der Waals surface area (Å²) in [6.07, 6.45) is 5.74. The quantitative estimate of drug-likeness (QED) is 0.744. The summed E-state index contributed by atoms with van der Waals surface area (Å²) in [5.41, 5.74) is 0. The Morgan fingerprint density at radius 2 is 1.78 bits per heavy atom. The van der Waals surface area contributed by atoms with Crippen molar-refractivity contribution in [2.75, 3.05) is 17.8 Å². The second-order valence-corrected chi connectivity index (χ2v) is 8.54. The largest absolute Gasteiger partial charge is 0.490 e. The van der Waals surface area contributed by atoms with Gasteiger partial charge >= 0.3 is 0 Å². The maximum atomic E-state index is 6.26. The van der Waals surface area contributed by atoms with Crippen molar-refractivity contribution in [1.29, 1.82) is 0 Å². The highest BCUT2D eigenvalue weighted by atomic mass is 32.2. The zero-order valence-corrected chi connectivity index (χ0v) is 11.7. The fourth-order valence-corrected chi connectivity index (χ4v) is 7.04. The summed E-state index contributed by atoms with van der Waals surface area (Å²) >= 11 is 0. The first kappa shape index (κ1) is 11.2. The van der Waals surface area contributed by atoms with Crippen molar-refractivity contribution in [3.63, 3.8) is 0 Å². The first-order chi connectivity index (χ1) is 8.81. The van der Waals surface area contributed by atoms with Gasteiger partial charge in [-0.1, -0.05) is 18.2 Å². The predicted molar refractivity (Wildman–Crippen MR) is 77.1 cm³/mol. The molecule has 18 heavy (non-hydrogen) atoms. The smallest absolute Gasteiger partial charge is 0.119 e. The molecule has 0 aromatic heterocycles. The second-order valence-electron chi connectivity index (χ2n) is 6.31. The van der Waals surface area contributed by atoms with Crippen LogP contribution in [0.1, 0.15) is 12.8 Å². The molecule has 0 spiro atoms. The van der Waals surface area contributed by atoms with Crippen molar-refractivity contribution in [3.8, 4) is 5.75 Å². The predicted octanol–water partition coefficient (Wildman–Crippen LogP) is 2.97. The Hall–Kier alpha value is -0.630. The summed E-state index contributed by atoms with van der Waals surface area (Å²) in [7, 11) is 0.700. The molecule has 2 heteroatoms. The van der Waals surface area contributed by atoms with E-state index < -0.39 is 0 Å². The maximum Gasteiger partial charge on any atom is 0.119 e. The van der Waals surface area contributed by atoms with E-state index in [-0.39, 0.29) is 0 Å². The minimum Gasteiger partial charge on any atom is -0.490 e. The molecular formula is C16H21OS+. The lowest BCUT2D eigenvalue weighted by Gasteiger charge is -2.29. The molecule has 2 bridgehead atoms. The van der Waals surface area contributed by atoms with E-state index in [9.17, 15) is 0 Å². The van der Waals surface area contributed by atoms with Gasteiger partial charge in [-0.05, 0) is 41.8 Å². The molecule has 6 atom stereocenters. The van der Waals surface area contributed by atoms with Gasteiger partial charge in [0.2, 0.25) is 0 Å². The van der Waals surface area contributed by atoms with Crippen molar-refractivity contribution in [3.05, 3.63) is 30.3 Å². The lowest BCUT2D eigenvalue weighted by atomic mass is 9.80. The number of ether oxygens (including phenoxy) is 1. The van der Waals surface area contributed by atoms with Gasteiger partial charge in [0.25, 0.3) is 0 Å². The van der Waals surface area contributed by atoms with Crippen molar-refractivity contribution in [1.82, 2.24) is 0 Å². The van der Waals surface area contributed by atoms with Gasteiger partial charge in [0.1, 0.15) is 23.4 Å². The van der Waals surface area contributed by atoms with Crippen LogP contribution in [0, 0.1) is 23.7 Å². The van der Waals surface area contributed by atoms with Gasteiger partial charge in [0, 0.05) is 17.8 Å². The van der Waals surface area contributed by atoms with Crippen molar-refractivity contribution in [2.24, 2.45) is 23.7 Å². The van der Waals surface area contributed by atoms with Crippen LogP contribution in [0.5, 0.6) is 5.75 Å². The van der Waals surface area contributed by atoms with Gasteiger partial charge in [0.05, 0.1) is 6.26 Å². The molecule has 96 valence electrons. The number of benzene rings is 1. The van der Waals surface area contributed by atoms with Crippen LogP contribution in [-0.4, -0.2) is 23.9 Å². The standard InChI is InChI=1S/C16H21OS/c1-18-9-14-11-7-13(15(14)10-18)16(8-11)17-12-5-3-2-4-6-12/h2-6,11,13-16H,7-10H2,1H3/q+1. The number of hydrogen-bond acceptors (Lipinski definition) is 1. The van der Waals surface area contributed by atoms with E-state index in [1.807, 2.05) is 0 Å². The van der Waals surface area contributed by atoms with E-state index in [2.05, 4.69) is 36.6 Å². The zero-order chi connectivity index (χ0) is 12.1. The summed E-state index contributed by atoms with van der Waals surface area (Å²) in [6, 6.07) is 10.4. The van der Waals surface area contributed by atoms with Gasteiger partial charge in [-0.25, -0.2) is 0 Å². The van der Waals surface area contributed by atoms with Crippen LogP contribution in [0.4, 0.5) is 0 Å². The van der Waals surface area contributed by atoms with E-state index in [1.54, 1.807) is 0 Å². The van der Waals surface area contributed by atoms with Crippen LogP contribution in [0.2, 0.25) is 0 Å². The average Bonchev–Trinajstić information content (AvgIpc) is 3.01. The van der Waals surface area contributed by atoms with Gasteiger partial charge in [-0.3, -0.25) is 0 Å². The first-order valence-corrected chi connectivity index (χ1v) is 9.09. The van der Waals surface area contributed by atoms with E-state index in [0.29, 0.717) is 17.0 Å². The summed E-state index contributed by atoms with van der Waals surface area (Å²) in [5.74, 6) is 7.96. The second kappa shape index (κ2) is 4.19. The average molecular weight is 261 g/mol. The monoisotopic (exact) mass is 261 g/mol. The number of hydrogen-bond donors (Lipinski definition) is 0. The summed E-state index contributed by atoms with van der Waals surface area (Å²) in [5, 5.41) is 0. The highest BCUT2D eigenvalue weighted by Crippen LogP contribution is 2.56. The Morgan fingerprint density at radius 1 is 1.00 bits per heavy atom. The Morgan fingerprint density at radius 3 is 2.61 bits per heavy atom. The lowest BCUT2D eigenvalue weighted by molar-refractivity contribution is 0.0911. The fraction of sp³-hybridized carbons (Fsp3) is 0.625. The molecule has 0 radical (unpaired) electrons. The Bertz CT molecular complexity index is 432. The summed E-state index contributed by atoms with van der Waals surface area (Å²) in [4.78, 5) is 0. The molecule has 3 aliphatic rings. The van der Waals surface area contributed by atoms with Gasteiger partial charge in [0.15, 0.2) is 0 Å².